The number of nitrogens with one attached hydrogen (secondary N) is 2. The Bertz CT molecular complexity index is 629. The first-order valence-electron chi connectivity index (χ1n) is 7.59. The normalized spacial score (nSPS) is 10.3. The van der Waals surface area contributed by atoms with E-state index >= 15 is 0 Å². The number of carbonyl (C=O) groups excluding carboxylic acids is 1. The molecule has 0 spiro atoms. The predicted octanol–water partition coefficient (Wildman–Crippen LogP) is 3.88. The van der Waals surface area contributed by atoms with Crippen molar-refractivity contribution in [1.29, 1.82) is 0 Å². The molecule has 2 rings (SSSR count). The second-order valence-electron chi connectivity index (χ2n) is 5.08. The SMILES string of the molecule is CCOCc1ccc(CNC(=O)NCc2ccccc2Cl)cc1. The standard InChI is InChI=1S/C18H21ClN2O2/c1-2-23-13-15-9-7-14(8-10-15)11-20-18(22)21-12-16-5-3-4-6-17(16)19/h3-10H,2,11-13H2,1H3,(H2,20,21,22). The average molecular weight is 333 g/mol. The van der Waals surface area contributed by atoms with Crippen LogP contribution in [0.4, 0.5) is 4.79 Å². The molecule has 0 radical (unpaired) electrons. The van der Waals surface area contributed by atoms with E-state index in [0.717, 1.165) is 16.7 Å². The molecule has 0 heterocycles. The van der Waals surface area contributed by atoms with Crippen molar-refractivity contribution in [3.8, 4) is 0 Å². The van der Waals surface area contributed by atoms with Gasteiger partial charge in [0.25, 0.3) is 0 Å². The Balaban J connectivity index is 1.75. The zero-order chi connectivity index (χ0) is 16.5. The van der Waals surface area contributed by atoms with Gasteiger partial charge in [-0.25, -0.2) is 4.79 Å². The lowest BCUT2D eigenvalue weighted by molar-refractivity contribution is 0.134. The summed E-state index contributed by atoms with van der Waals surface area (Å²) in [5, 5.41) is 6.27. The Hall–Kier alpha value is -2.04. The number of hydrogen-bond donors (Lipinski definition) is 2. The Kier molecular flexibility index (Phi) is 6.91. The van der Waals surface area contributed by atoms with Crippen LogP contribution in [0.15, 0.2) is 48.5 Å². The molecule has 2 aromatic rings. The van der Waals surface area contributed by atoms with Gasteiger partial charge in [0.05, 0.1) is 6.61 Å². The third-order valence-electron chi connectivity index (χ3n) is 3.35. The second kappa shape index (κ2) is 9.18. The molecular weight excluding hydrogens is 312 g/mol. The molecule has 0 saturated heterocycles. The summed E-state index contributed by atoms with van der Waals surface area (Å²) < 4.78 is 5.35. The van der Waals surface area contributed by atoms with Gasteiger partial charge in [0.1, 0.15) is 0 Å². The number of halogens is 1. The van der Waals surface area contributed by atoms with Gasteiger partial charge < -0.3 is 15.4 Å². The summed E-state index contributed by atoms with van der Waals surface area (Å²) in [5.74, 6) is 0. The fraction of sp³-hybridized carbons (Fsp3) is 0.278. The smallest absolute Gasteiger partial charge is 0.315 e. The topological polar surface area (TPSA) is 50.4 Å². The molecule has 4 nitrogen and oxygen atoms in total. The van der Waals surface area contributed by atoms with Gasteiger partial charge in [-0.15, -0.1) is 0 Å². The lowest BCUT2D eigenvalue weighted by Gasteiger charge is -2.09. The van der Waals surface area contributed by atoms with Crippen molar-refractivity contribution in [2.24, 2.45) is 0 Å². The lowest BCUT2D eigenvalue weighted by Crippen LogP contribution is -2.34. The van der Waals surface area contributed by atoms with Crippen LogP contribution < -0.4 is 10.6 Å². The van der Waals surface area contributed by atoms with Crippen molar-refractivity contribution in [3.63, 3.8) is 0 Å². The van der Waals surface area contributed by atoms with E-state index in [9.17, 15) is 4.79 Å². The van der Waals surface area contributed by atoms with E-state index in [4.69, 9.17) is 16.3 Å². The van der Waals surface area contributed by atoms with Crippen LogP contribution in [0.2, 0.25) is 5.02 Å². The summed E-state index contributed by atoms with van der Waals surface area (Å²) >= 11 is 6.05. The van der Waals surface area contributed by atoms with Crippen LogP contribution in [0.5, 0.6) is 0 Å². The molecule has 0 saturated carbocycles. The number of hydrogen-bond acceptors (Lipinski definition) is 2. The molecule has 0 aliphatic carbocycles. The highest BCUT2D eigenvalue weighted by Crippen LogP contribution is 2.14. The number of ether oxygens (including phenoxy) is 1. The van der Waals surface area contributed by atoms with E-state index in [0.29, 0.717) is 31.3 Å². The molecule has 0 fully saturated rings. The third-order valence-corrected chi connectivity index (χ3v) is 3.71. The first kappa shape index (κ1) is 17.3. The van der Waals surface area contributed by atoms with Crippen LogP contribution in [-0.2, 0) is 24.4 Å². The van der Waals surface area contributed by atoms with E-state index in [1.807, 2.05) is 49.4 Å². The van der Waals surface area contributed by atoms with E-state index in [1.165, 1.54) is 0 Å². The zero-order valence-corrected chi connectivity index (χ0v) is 13.9. The maximum Gasteiger partial charge on any atom is 0.315 e. The first-order chi connectivity index (χ1) is 11.2. The molecule has 0 aliphatic rings. The number of rotatable bonds is 7. The van der Waals surface area contributed by atoms with Crippen molar-refractivity contribution in [1.82, 2.24) is 10.6 Å². The Morgan fingerprint density at radius 1 is 1.00 bits per heavy atom. The summed E-state index contributed by atoms with van der Waals surface area (Å²) in [4.78, 5) is 11.8. The molecule has 122 valence electrons. The molecule has 0 bridgehead atoms. The third kappa shape index (κ3) is 5.93. The van der Waals surface area contributed by atoms with Gasteiger partial charge in [-0.2, -0.15) is 0 Å². The van der Waals surface area contributed by atoms with Crippen molar-refractivity contribution in [2.45, 2.75) is 26.6 Å². The van der Waals surface area contributed by atoms with E-state index < -0.39 is 0 Å². The molecule has 2 aromatic carbocycles. The molecule has 0 atom stereocenters. The molecule has 2 amide bonds. The van der Waals surface area contributed by atoms with Crippen LogP contribution in [0, 0.1) is 0 Å². The highest BCUT2D eigenvalue weighted by Gasteiger charge is 2.03. The minimum Gasteiger partial charge on any atom is -0.377 e. The van der Waals surface area contributed by atoms with Gasteiger partial charge in [-0.3, -0.25) is 0 Å². The van der Waals surface area contributed by atoms with Crippen LogP contribution in [0.25, 0.3) is 0 Å². The van der Waals surface area contributed by atoms with Gasteiger partial charge in [-0.05, 0) is 29.7 Å². The van der Waals surface area contributed by atoms with Crippen LogP contribution in [0.1, 0.15) is 23.6 Å². The first-order valence-corrected chi connectivity index (χ1v) is 7.97. The summed E-state index contributed by atoms with van der Waals surface area (Å²) in [6.07, 6.45) is 0. The van der Waals surface area contributed by atoms with Gasteiger partial charge in [-0.1, -0.05) is 54.1 Å². The van der Waals surface area contributed by atoms with Crippen LogP contribution in [-0.4, -0.2) is 12.6 Å². The Morgan fingerprint density at radius 3 is 2.35 bits per heavy atom. The summed E-state index contributed by atoms with van der Waals surface area (Å²) in [6.45, 7) is 4.17. The average Bonchev–Trinajstić information content (AvgIpc) is 2.58. The van der Waals surface area contributed by atoms with E-state index in [2.05, 4.69) is 10.6 Å². The van der Waals surface area contributed by atoms with Gasteiger partial charge in [0, 0.05) is 24.7 Å². The largest absolute Gasteiger partial charge is 0.377 e. The second-order valence-corrected chi connectivity index (χ2v) is 5.49. The van der Waals surface area contributed by atoms with Gasteiger partial charge >= 0.3 is 6.03 Å². The lowest BCUT2D eigenvalue weighted by atomic mass is 10.1. The fourth-order valence-corrected chi connectivity index (χ4v) is 2.24. The van der Waals surface area contributed by atoms with E-state index in [-0.39, 0.29) is 6.03 Å². The molecular formula is C18H21ClN2O2. The number of urea groups is 1. The monoisotopic (exact) mass is 332 g/mol. The molecule has 5 heteroatoms. The van der Waals surface area contributed by atoms with Crippen molar-refractivity contribution >= 4 is 17.6 Å². The summed E-state index contributed by atoms with van der Waals surface area (Å²) in [5.41, 5.74) is 3.06. The van der Waals surface area contributed by atoms with Crippen LogP contribution in [0.3, 0.4) is 0 Å². The number of carbonyl (C=O) groups is 1. The molecule has 2 N–H and O–H groups in total. The molecule has 0 unspecified atom stereocenters. The molecule has 0 aromatic heterocycles. The molecule has 0 aliphatic heterocycles. The van der Waals surface area contributed by atoms with Crippen molar-refractivity contribution in [2.75, 3.05) is 6.61 Å². The summed E-state index contributed by atoms with van der Waals surface area (Å²) in [6, 6.07) is 15.2. The van der Waals surface area contributed by atoms with E-state index in [1.54, 1.807) is 6.07 Å². The quantitative estimate of drug-likeness (QED) is 0.808. The van der Waals surface area contributed by atoms with Crippen molar-refractivity contribution in [3.05, 3.63) is 70.2 Å². The van der Waals surface area contributed by atoms with Crippen LogP contribution >= 0.6 is 11.6 Å². The highest BCUT2D eigenvalue weighted by molar-refractivity contribution is 6.31. The molecule has 23 heavy (non-hydrogen) atoms. The maximum atomic E-state index is 11.8. The fourth-order valence-electron chi connectivity index (χ4n) is 2.04. The number of benzene rings is 2. The zero-order valence-electron chi connectivity index (χ0n) is 13.1. The highest BCUT2D eigenvalue weighted by atomic mass is 35.5. The van der Waals surface area contributed by atoms with Gasteiger partial charge in [0.2, 0.25) is 0 Å². The predicted molar refractivity (Wildman–Crippen MR) is 92.3 cm³/mol. The maximum absolute atomic E-state index is 11.8. The van der Waals surface area contributed by atoms with Gasteiger partial charge in [0.15, 0.2) is 0 Å². The van der Waals surface area contributed by atoms with Crippen molar-refractivity contribution < 1.29 is 9.53 Å². The Labute approximate surface area is 141 Å². The minimum absolute atomic E-state index is 0.219. The minimum atomic E-state index is -0.219. The number of amides is 2. The summed E-state index contributed by atoms with van der Waals surface area (Å²) in [7, 11) is 0. The Morgan fingerprint density at radius 2 is 1.65 bits per heavy atom.